The van der Waals surface area contributed by atoms with Crippen molar-refractivity contribution in [3.8, 4) is 5.75 Å². The number of ether oxygens (including phenoxy) is 1. The highest BCUT2D eigenvalue weighted by molar-refractivity contribution is 5.38. The number of aromatic nitrogens is 2. The average molecular weight is 392 g/mol. The van der Waals surface area contributed by atoms with E-state index >= 15 is 0 Å². The molecule has 152 valence electrons. The molecule has 0 spiro atoms. The molecule has 0 saturated carbocycles. The number of nitrogens with zero attached hydrogens (tertiary/aromatic N) is 3. The fraction of sp³-hybridized carbons (Fsp3) is 0.375. The van der Waals surface area contributed by atoms with Crippen molar-refractivity contribution in [3.63, 3.8) is 0 Å². The number of likely N-dealkylation sites (tertiary alicyclic amines) is 1. The van der Waals surface area contributed by atoms with E-state index in [-0.39, 0.29) is 0 Å². The number of piperidine rings is 1. The summed E-state index contributed by atoms with van der Waals surface area (Å²) in [6.45, 7) is 5.49. The third-order valence-corrected chi connectivity index (χ3v) is 6.07. The van der Waals surface area contributed by atoms with Gasteiger partial charge in [0.25, 0.3) is 0 Å². The van der Waals surface area contributed by atoms with Gasteiger partial charge in [0, 0.05) is 36.5 Å². The quantitative estimate of drug-likeness (QED) is 0.696. The van der Waals surface area contributed by atoms with Gasteiger partial charge in [-0.1, -0.05) is 48.5 Å². The Hall–Kier alpha value is -2.63. The van der Waals surface area contributed by atoms with Gasteiger partial charge in [0.2, 0.25) is 0 Å². The van der Waals surface area contributed by atoms with Crippen LogP contribution in [0.4, 0.5) is 0 Å². The zero-order valence-corrected chi connectivity index (χ0v) is 17.2. The first-order valence-electron chi connectivity index (χ1n) is 10.2. The molecule has 1 N–H and O–H groups in total. The summed E-state index contributed by atoms with van der Waals surface area (Å²) in [5.74, 6) is 0.765. The van der Waals surface area contributed by atoms with Crippen LogP contribution in [-0.4, -0.2) is 40.0 Å². The van der Waals surface area contributed by atoms with E-state index in [1.54, 1.807) is 7.11 Å². The Morgan fingerprint density at radius 2 is 1.69 bits per heavy atom. The van der Waals surface area contributed by atoms with Crippen LogP contribution in [0.1, 0.15) is 35.2 Å². The van der Waals surface area contributed by atoms with E-state index in [1.165, 1.54) is 16.8 Å². The molecule has 0 atom stereocenters. The Bertz CT molecular complexity index is 944. The molecular formula is C24H29N3O2. The number of aliphatic hydroxyl groups is 1. The number of methoxy groups -OCH3 is 1. The summed E-state index contributed by atoms with van der Waals surface area (Å²) in [6.07, 6.45) is 3.38. The molecule has 4 rings (SSSR count). The van der Waals surface area contributed by atoms with E-state index in [1.807, 2.05) is 36.5 Å². The van der Waals surface area contributed by atoms with Gasteiger partial charge >= 0.3 is 0 Å². The van der Waals surface area contributed by atoms with E-state index in [4.69, 9.17) is 4.74 Å². The molecule has 1 fully saturated rings. The van der Waals surface area contributed by atoms with Crippen LogP contribution in [0, 0.1) is 6.92 Å². The van der Waals surface area contributed by atoms with Gasteiger partial charge in [0.15, 0.2) is 0 Å². The van der Waals surface area contributed by atoms with Crippen molar-refractivity contribution >= 4 is 0 Å². The second-order valence-electron chi connectivity index (χ2n) is 7.91. The van der Waals surface area contributed by atoms with Crippen molar-refractivity contribution in [2.45, 2.75) is 38.5 Å². The second-order valence-corrected chi connectivity index (χ2v) is 7.91. The summed E-state index contributed by atoms with van der Waals surface area (Å²) < 4.78 is 7.54. The fourth-order valence-electron chi connectivity index (χ4n) is 4.18. The predicted molar refractivity (Wildman–Crippen MR) is 114 cm³/mol. The number of para-hydroxylation sites is 1. The van der Waals surface area contributed by atoms with Gasteiger partial charge in [-0.05, 0) is 31.4 Å². The summed E-state index contributed by atoms with van der Waals surface area (Å²) in [6, 6.07) is 18.2. The molecule has 5 heteroatoms. The van der Waals surface area contributed by atoms with Gasteiger partial charge in [-0.15, -0.1) is 0 Å². The van der Waals surface area contributed by atoms with Crippen molar-refractivity contribution in [1.82, 2.24) is 14.7 Å². The minimum atomic E-state index is -0.824. The highest BCUT2D eigenvalue weighted by atomic mass is 16.5. The lowest BCUT2D eigenvalue weighted by Crippen LogP contribution is -2.42. The lowest BCUT2D eigenvalue weighted by Gasteiger charge is -2.39. The molecule has 5 nitrogen and oxygen atoms in total. The van der Waals surface area contributed by atoms with E-state index in [0.29, 0.717) is 12.8 Å². The molecule has 2 aromatic carbocycles. The number of benzene rings is 2. The zero-order valence-electron chi connectivity index (χ0n) is 17.2. The molecule has 1 aromatic heterocycles. The maximum atomic E-state index is 11.2. The summed E-state index contributed by atoms with van der Waals surface area (Å²) in [7, 11) is 1.66. The van der Waals surface area contributed by atoms with Crippen molar-refractivity contribution in [2.24, 2.45) is 0 Å². The van der Waals surface area contributed by atoms with E-state index in [0.717, 1.165) is 37.5 Å². The molecule has 0 bridgehead atoms. The first kappa shape index (κ1) is 19.7. The Kier molecular flexibility index (Phi) is 5.69. The van der Waals surface area contributed by atoms with Gasteiger partial charge < -0.3 is 9.84 Å². The molecule has 0 unspecified atom stereocenters. The molecule has 1 aliphatic rings. The highest BCUT2D eigenvalue weighted by Gasteiger charge is 2.36. The Morgan fingerprint density at radius 3 is 2.41 bits per heavy atom. The normalized spacial score (nSPS) is 16.7. The van der Waals surface area contributed by atoms with Gasteiger partial charge in [-0.3, -0.25) is 9.58 Å². The summed E-state index contributed by atoms with van der Waals surface area (Å²) in [5, 5.41) is 15.8. The smallest absolute Gasteiger partial charge is 0.124 e. The topological polar surface area (TPSA) is 50.5 Å². The van der Waals surface area contributed by atoms with Crippen LogP contribution in [0.15, 0.2) is 60.8 Å². The first-order chi connectivity index (χ1) is 14.1. The van der Waals surface area contributed by atoms with Gasteiger partial charge in [-0.2, -0.15) is 5.10 Å². The Morgan fingerprint density at radius 1 is 1.00 bits per heavy atom. The van der Waals surface area contributed by atoms with Crippen LogP contribution in [0.5, 0.6) is 5.75 Å². The highest BCUT2D eigenvalue weighted by Crippen LogP contribution is 2.38. The third kappa shape index (κ3) is 4.21. The number of rotatable bonds is 6. The van der Waals surface area contributed by atoms with Gasteiger partial charge in [-0.25, -0.2) is 0 Å². The molecule has 1 saturated heterocycles. The van der Waals surface area contributed by atoms with Crippen molar-refractivity contribution in [1.29, 1.82) is 0 Å². The number of hydrogen-bond acceptors (Lipinski definition) is 4. The molecule has 0 amide bonds. The Labute approximate surface area is 172 Å². The molecule has 0 aliphatic carbocycles. The van der Waals surface area contributed by atoms with E-state index in [9.17, 15) is 5.11 Å². The summed E-state index contributed by atoms with van der Waals surface area (Å²) >= 11 is 0. The standard InChI is InChI=1S/C24H29N3O2/c1-19-21(16-25-27(19)17-20-8-4-3-5-9-20)18-26-14-12-24(28,13-15-26)22-10-6-7-11-23(22)29-2/h3-11,16,28H,12-15,17-18H2,1-2H3. The predicted octanol–water partition coefficient (Wildman–Crippen LogP) is 3.73. The van der Waals surface area contributed by atoms with E-state index in [2.05, 4.69) is 45.9 Å². The largest absolute Gasteiger partial charge is 0.496 e. The van der Waals surface area contributed by atoms with E-state index < -0.39 is 5.60 Å². The lowest BCUT2D eigenvalue weighted by molar-refractivity contribution is -0.0292. The fourth-order valence-corrected chi connectivity index (χ4v) is 4.18. The maximum Gasteiger partial charge on any atom is 0.124 e. The molecule has 3 aromatic rings. The van der Waals surface area contributed by atoms with Crippen LogP contribution < -0.4 is 4.74 Å². The average Bonchev–Trinajstić information content (AvgIpc) is 3.10. The maximum absolute atomic E-state index is 11.2. The van der Waals surface area contributed by atoms with Crippen LogP contribution >= 0.6 is 0 Å². The SMILES string of the molecule is COc1ccccc1C1(O)CCN(Cc2cnn(Cc3ccccc3)c2C)CC1. The monoisotopic (exact) mass is 391 g/mol. The summed E-state index contributed by atoms with van der Waals surface area (Å²) in [4.78, 5) is 2.40. The van der Waals surface area contributed by atoms with Gasteiger partial charge in [0.05, 0.1) is 25.5 Å². The second kappa shape index (κ2) is 8.39. The molecular weight excluding hydrogens is 362 g/mol. The molecule has 29 heavy (non-hydrogen) atoms. The molecule has 0 radical (unpaired) electrons. The lowest BCUT2D eigenvalue weighted by atomic mass is 9.84. The minimum absolute atomic E-state index is 0.699. The van der Waals surface area contributed by atoms with Crippen molar-refractivity contribution in [3.05, 3.63) is 83.2 Å². The van der Waals surface area contributed by atoms with Crippen LogP contribution in [0.25, 0.3) is 0 Å². The molecule has 1 aliphatic heterocycles. The zero-order chi connectivity index (χ0) is 20.3. The third-order valence-electron chi connectivity index (χ3n) is 6.07. The van der Waals surface area contributed by atoms with Crippen LogP contribution in [0.2, 0.25) is 0 Å². The summed E-state index contributed by atoms with van der Waals surface area (Å²) in [5.41, 5.74) is 3.79. The molecule has 2 heterocycles. The first-order valence-corrected chi connectivity index (χ1v) is 10.2. The van der Waals surface area contributed by atoms with Gasteiger partial charge in [0.1, 0.15) is 5.75 Å². The minimum Gasteiger partial charge on any atom is -0.496 e. The van der Waals surface area contributed by atoms with Crippen LogP contribution in [0.3, 0.4) is 0 Å². The Balaban J connectivity index is 1.40. The van der Waals surface area contributed by atoms with Crippen LogP contribution in [-0.2, 0) is 18.7 Å². The van der Waals surface area contributed by atoms with Crippen molar-refractivity contribution < 1.29 is 9.84 Å². The number of hydrogen-bond donors (Lipinski definition) is 1. The van der Waals surface area contributed by atoms with Crippen molar-refractivity contribution in [2.75, 3.05) is 20.2 Å².